The van der Waals surface area contributed by atoms with E-state index in [-0.39, 0.29) is 23.4 Å². The lowest BCUT2D eigenvalue weighted by Crippen LogP contribution is -2.66. The first-order valence-electron chi connectivity index (χ1n) is 22.8. The summed E-state index contributed by atoms with van der Waals surface area (Å²) in [7, 11) is 0. The lowest BCUT2D eigenvalue weighted by atomic mass is 9.46. The van der Waals surface area contributed by atoms with Gasteiger partial charge in [0.2, 0.25) is 0 Å². The number of hydrogen-bond acceptors (Lipinski definition) is 16. The van der Waals surface area contributed by atoms with Gasteiger partial charge in [-0.05, 0) is 88.4 Å². The highest BCUT2D eigenvalue weighted by Gasteiger charge is 2.69. The van der Waals surface area contributed by atoms with Gasteiger partial charge in [0.05, 0.1) is 43.2 Å². The van der Waals surface area contributed by atoms with Gasteiger partial charge in [-0.2, -0.15) is 0 Å². The van der Waals surface area contributed by atoms with Crippen molar-refractivity contribution in [2.24, 2.45) is 40.4 Å². The third kappa shape index (κ3) is 7.17. The number of aliphatic hydroxyl groups is 8. The van der Waals surface area contributed by atoms with E-state index < -0.39 is 116 Å². The fourth-order valence-corrected chi connectivity index (χ4v) is 13.8. The van der Waals surface area contributed by atoms with Crippen molar-refractivity contribution in [3.05, 3.63) is 23.8 Å². The lowest BCUT2D eigenvalue weighted by molar-refractivity contribution is -0.385. The van der Waals surface area contributed by atoms with Crippen LogP contribution in [0, 0.1) is 40.4 Å². The molecule has 9 aliphatic rings. The van der Waals surface area contributed by atoms with Crippen molar-refractivity contribution >= 4 is 0 Å². The van der Waals surface area contributed by atoms with Gasteiger partial charge in [0, 0.05) is 24.2 Å². The van der Waals surface area contributed by atoms with E-state index in [0.29, 0.717) is 37.2 Å². The van der Waals surface area contributed by atoms with E-state index in [1.165, 1.54) is 13.8 Å². The molecule has 1 spiro atoms. The van der Waals surface area contributed by atoms with E-state index in [4.69, 9.17) is 37.9 Å². The Morgan fingerprint density at radius 1 is 0.689 bits per heavy atom. The van der Waals surface area contributed by atoms with Gasteiger partial charge in [-0.1, -0.05) is 44.6 Å². The molecule has 4 aliphatic carbocycles. The molecular weight excluding hydrogens is 796 g/mol. The maximum atomic E-state index is 11.6. The van der Waals surface area contributed by atoms with Gasteiger partial charge in [0.1, 0.15) is 54.9 Å². The minimum atomic E-state index is -1.73. The number of fused-ring (bicyclic) bond motifs is 7. The Morgan fingerprint density at radius 3 is 2.02 bits per heavy atom. The molecule has 3 saturated carbocycles. The molecule has 0 radical (unpaired) electrons. The van der Waals surface area contributed by atoms with Gasteiger partial charge in [0.15, 0.2) is 24.7 Å². The van der Waals surface area contributed by atoms with Crippen LogP contribution in [0.25, 0.3) is 0 Å². The average molecular weight is 867 g/mol. The first-order valence-corrected chi connectivity index (χ1v) is 22.8. The summed E-state index contributed by atoms with van der Waals surface area (Å²) in [6.07, 6.45) is -13.3. The number of allylic oxidation sites excluding steroid dienone is 1. The predicted octanol–water partition coefficient (Wildman–Crippen LogP) is 1.16. The van der Waals surface area contributed by atoms with E-state index in [2.05, 4.69) is 33.4 Å². The van der Waals surface area contributed by atoms with Crippen molar-refractivity contribution in [1.82, 2.24) is 0 Å². The standard InChI is InChI=1S/C45H70O16/c1-18-10-13-45(54-17-18)19(2)30-28(61-45)16-27-25-9-8-23-14-24(46)15-29(44(23,7)26(25)11-12-43(27,30)6)58-42-39(35(51)32(48)21(4)57-42)60-41-37(53)38(33(49)22(5)56-41)59-40-36(52)34(50)31(47)20(3)55-40/h8,19-22,24-42,46-53H,1,9-17H2,2-7H3. The largest absolute Gasteiger partial charge is 0.393 e. The minimum Gasteiger partial charge on any atom is -0.393 e. The molecule has 0 bridgehead atoms. The average Bonchev–Trinajstić information content (AvgIpc) is 3.67. The number of rotatable bonds is 6. The second-order valence-corrected chi connectivity index (χ2v) is 20.7. The SMILES string of the molecule is C=C1CCC2(OC1)OC1CC3C4CC=C5CC(O)CC(OC6OC(C)C(O)C(O)C6OC6OC(C)C(O)C(OC7OC(C)C(O)C(O)C7O)C6O)C5(C)C4CCC3(C)C1C2C. The van der Waals surface area contributed by atoms with Crippen LogP contribution in [-0.4, -0.2) is 164 Å². The van der Waals surface area contributed by atoms with Crippen LogP contribution in [-0.2, 0) is 37.9 Å². The molecule has 26 unspecified atom stereocenters. The molecular formula is C45H70O16. The zero-order chi connectivity index (χ0) is 43.7. The molecule has 16 nitrogen and oxygen atoms in total. The highest BCUT2D eigenvalue weighted by atomic mass is 16.8. The van der Waals surface area contributed by atoms with Crippen molar-refractivity contribution in [1.29, 1.82) is 0 Å². The van der Waals surface area contributed by atoms with Crippen LogP contribution >= 0.6 is 0 Å². The summed E-state index contributed by atoms with van der Waals surface area (Å²) in [5, 5.41) is 87.9. The molecule has 346 valence electrons. The van der Waals surface area contributed by atoms with Crippen molar-refractivity contribution in [2.75, 3.05) is 6.61 Å². The van der Waals surface area contributed by atoms with Crippen LogP contribution in [0.4, 0.5) is 0 Å². The minimum absolute atomic E-state index is 0.0630. The molecule has 8 N–H and O–H groups in total. The second kappa shape index (κ2) is 16.3. The highest BCUT2D eigenvalue weighted by Crippen LogP contribution is 2.71. The Bertz CT molecular complexity index is 1650. The number of hydrogen-bond donors (Lipinski definition) is 8. The molecule has 61 heavy (non-hydrogen) atoms. The third-order valence-corrected chi connectivity index (χ3v) is 17.4. The molecule has 0 aromatic carbocycles. The molecule has 0 aromatic heterocycles. The monoisotopic (exact) mass is 866 g/mol. The Hall–Kier alpha value is -1.16. The summed E-state index contributed by atoms with van der Waals surface area (Å²) >= 11 is 0. The van der Waals surface area contributed by atoms with Crippen LogP contribution in [0.15, 0.2) is 23.8 Å². The third-order valence-electron chi connectivity index (χ3n) is 17.4. The van der Waals surface area contributed by atoms with Crippen LogP contribution in [0.5, 0.6) is 0 Å². The van der Waals surface area contributed by atoms with Crippen molar-refractivity contribution in [3.63, 3.8) is 0 Å². The van der Waals surface area contributed by atoms with Gasteiger partial charge in [-0.15, -0.1) is 0 Å². The Kier molecular flexibility index (Phi) is 12.0. The molecule has 0 aromatic rings. The van der Waals surface area contributed by atoms with E-state index in [1.807, 2.05) is 0 Å². The summed E-state index contributed by atoms with van der Waals surface area (Å²) in [6.45, 7) is 16.4. The smallest absolute Gasteiger partial charge is 0.187 e. The molecule has 5 heterocycles. The van der Waals surface area contributed by atoms with E-state index in [0.717, 1.165) is 49.7 Å². The van der Waals surface area contributed by atoms with Crippen molar-refractivity contribution in [2.45, 2.75) is 209 Å². The molecule has 9 rings (SSSR count). The summed E-state index contributed by atoms with van der Waals surface area (Å²) in [6, 6.07) is 0. The summed E-state index contributed by atoms with van der Waals surface area (Å²) < 4.78 is 50.4. The van der Waals surface area contributed by atoms with Crippen molar-refractivity contribution in [3.8, 4) is 0 Å². The predicted molar refractivity (Wildman–Crippen MR) is 213 cm³/mol. The number of ether oxygens (including phenoxy) is 8. The van der Waals surface area contributed by atoms with Crippen LogP contribution in [0.3, 0.4) is 0 Å². The van der Waals surface area contributed by atoms with Crippen LogP contribution < -0.4 is 0 Å². The van der Waals surface area contributed by atoms with E-state index in [1.54, 1.807) is 6.92 Å². The van der Waals surface area contributed by atoms with Crippen LogP contribution in [0.1, 0.15) is 92.9 Å². The summed E-state index contributed by atoms with van der Waals surface area (Å²) in [5.74, 6) is 1.06. The second-order valence-electron chi connectivity index (χ2n) is 20.7. The maximum absolute atomic E-state index is 11.6. The molecule has 5 saturated heterocycles. The first kappa shape index (κ1) is 45.0. The van der Waals surface area contributed by atoms with E-state index in [9.17, 15) is 40.9 Å². The topological polar surface area (TPSA) is 236 Å². The normalized spacial score (nSPS) is 58.4. The molecule has 8 fully saturated rings. The first-order chi connectivity index (χ1) is 28.8. The fourth-order valence-electron chi connectivity index (χ4n) is 13.8. The Morgan fingerprint density at radius 2 is 1.33 bits per heavy atom. The van der Waals surface area contributed by atoms with Gasteiger partial charge in [0.25, 0.3) is 0 Å². The Balaban J connectivity index is 0.948. The molecule has 5 aliphatic heterocycles. The van der Waals surface area contributed by atoms with Gasteiger partial charge < -0.3 is 78.7 Å². The molecule has 16 heteroatoms. The number of aliphatic hydroxyl groups excluding tert-OH is 8. The van der Waals surface area contributed by atoms with Crippen molar-refractivity contribution < 1.29 is 78.7 Å². The quantitative estimate of drug-likeness (QED) is 0.175. The molecule has 0 amide bonds. The fraction of sp³-hybridized carbons (Fsp3) is 0.911. The Labute approximate surface area is 358 Å². The zero-order valence-electron chi connectivity index (χ0n) is 36.3. The lowest BCUT2D eigenvalue weighted by Gasteiger charge is -2.60. The molecule has 26 atom stereocenters. The van der Waals surface area contributed by atoms with Gasteiger partial charge in [-0.3, -0.25) is 0 Å². The summed E-state index contributed by atoms with van der Waals surface area (Å²) in [5.41, 5.74) is 1.82. The van der Waals surface area contributed by atoms with Crippen LogP contribution in [0.2, 0.25) is 0 Å². The van der Waals surface area contributed by atoms with Gasteiger partial charge >= 0.3 is 0 Å². The highest BCUT2D eigenvalue weighted by molar-refractivity contribution is 5.29. The zero-order valence-corrected chi connectivity index (χ0v) is 36.3. The van der Waals surface area contributed by atoms with Gasteiger partial charge in [-0.25, -0.2) is 0 Å². The maximum Gasteiger partial charge on any atom is 0.187 e. The summed E-state index contributed by atoms with van der Waals surface area (Å²) in [4.78, 5) is 0. The van der Waals surface area contributed by atoms with E-state index >= 15 is 0 Å².